The van der Waals surface area contributed by atoms with Gasteiger partial charge in [-0.3, -0.25) is 10.5 Å². The highest BCUT2D eigenvalue weighted by molar-refractivity contribution is 9.10. The number of hydrogen-bond donors (Lipinski definition) is 1. The van der Waals surface area contributed by atoms with E-state index in [4.69, 9.17) is 5.73 Å². The van der Waals surface area contributed by atoms with Gasteiger partial charge < -0.3 is 9.74 Å². The lowest BCUT2D eigenvalue weighted by molar-refractivity contribution is -0.260. The molecule has 0 saturated carbocycles. The van der Waals surface area contributed by atoms with Crippen LogP contribution in [0.4, 0.5) is 13.2 Å². The van der Waals surface area contributed by atoms with E-state index in [-0.39, 0.29) is 5.56 Å². The molecule has 6 nitrogen and oxygen atoms in total. The van der Waals surface area contributed by atoms with Crippen LogP contribution in [-0.2, 0) is 20.0 Å². The summed E-state index contributed by atoms with van der Waals surface area (Å²) in [6.07, 6.45) is -6.69. The van der Waals surface area contributed by atoms with Gasteiger partial charge in [0, 0.05) is 11.5 Å². The van der Waals surface area contributed by atoms with Gasteiger partial charge in [0.2, 0.25) is 0 Å². The van der Waals surface area contributed by atoms with Crippen LogP contribution < -0.4 is 5.73 Å². The first-order valence-electron chi connectivity index (χ1n) is 8.03. The zero-order valence-corrected chi connectivity index (χ0v) is 16.1. The van der Waals surface area contributed by atoms with Crippen molar-refractivity contribution in [3.63, 3.8) is 0 Å². The number of nitrogens with zero attached hydrogens (tertiary/aromatic N) is 2. The molecule has 0 aromatic heterocycles. The van der Waals surface area contributed by atoms with E-state index in [0.29, 0.717) is 15.1 Å². The predicted molar refractivity (Wildman–Crippen MR) is 96.1 cm³/mol. The van der Waals surface area contributed by atoms with Crippen LogP contribution in [0.5, 0.6) is 0 Å². The van der Waals surface area contributed by atoms with Gasteiger partial charge in [-0.25, -0.2) is 4.79 Å². The molecule has 28 heavy (non-hydrogen) atoms. The number of amides is 1. The van der Waals surface area contributed by atoms with Gasteiger partial charge in [-0.15, -0.1) is 0 Å². The Morgan fingerprint density at radius 2 is 1.75 bits per heavy atom. The van der Waals surface area contributed by atoms with E-state index in [9.17, 15) is 22.8 Å². The van der Waals surface area contributed by atoms with Gasteiger partial charge in [-0.2, -0.15) is 13.2 Å². The quantitative estimate of drug-likeness (QED) is 0.766. The number of benzene rings is 2. The third kappa shape index (κ3) is 3.17. The molecule has 0 bridgehead atoms. The maximum atomic E-state index is 13.3. The molecule has 2 N–H and O–H groups in total. The van der Waals surface area contributed by atoms with Crippen LogP contribution in [0.3, 0.4) is 0 Å². The van der Waals surface area contributed by atoms with Gasteiger partial charge in [0.15, 0.2) is 11.8 Å². The second-order valence-corrected chi connectivity index (χ2v) is 7.03. The molecule has 3 rings (SSSR count). The van der Waals surface area contributed by atoms with E-state index in [1.807, 2.05) is 0 Å². The largest absolute Gasteiger partial charge is 0.492 e. The van der Waals surface area contributed by atoms with Crippen LogP contribution in [0.25, 0.3) is 0 Å². The SMILES string of the molecule is CN1C(=O)C(c2ccccc2)(c2cccc(Br)c2)N(OC(=O)C(F)(F)F)C1N. The van der Waals surface area contributed by atoms with Crippen LogP contribution in [0.2, 0.25) is 0 Å². The minimum Gasteiger partial charge on any atom is -0.356 e. The zero-order chi connectivity index (χ0) is 20.7. The Morgan fingerprint density at radius 1 is 1.14 bits per heavy atom. The summed E-state index contributed by atoms with van der Waals surface area (Å²) in [7, 11) is 1.32. The highest BCUT2D eigenvalue weighted by Crippen LogP contribution is 2.44. The normalized spacial score (nSPS) is 23.1. The Labute approximate surface area is 166 Å². The topological polar surface area (TPSA) is 75.9 Å². The summed E-state index contributed by atoms with van der Waals surface area (Å²) in [6, 6.07) is 14.5. The molecule has 10 heteroatoms. The Bertz CT molecular complexity index is 910. The molecule has 148 valence electrons. The van der Waals surface area contributed by atoms with Gasteiger partial charge in [0.1, 0.15) is 0 Å². The van der Waals surface area contributed by atoms with E-state index in [1.54, 1.807) is 54.6 Å². The summed E-state index contributed by atoms with van der Waals surface area (Å²) in [6.45, 7) is 0. The van der Waals surface area contributed by atoms with Crippen LogP contribution in [0.15, 0.2) is 59.1 Å². The summed E-state index contributed by atoms with van der Waals surface area (Å²) in [4.78, 5) is 30.6. The molecule has 0 aliphatic carbocycles. The maximum absolute atomic E-state index is 13.3. The van der Waals surface area contributed by atoms with Crippen molar-refractivity contribution in [1.82, 2.24) is 9.96 Å². The lowest BCUT2D eigenvalue weighted by Crippen LogP contribution is -2.53. The molecular formula is C18H15BrF3N3O3. The van der Waals surface area contributed by atoms with Gasteiger partial charge >= 0.3 is 12.1 Å². The number of nitrogens with two attached hydrogens (primary N) is 1. The van der Waals surface area contributed by atoms with Gasteiger partial charge in [-0.1, -0.05) is 63.5 Å². The second-order valence-electron chi connectivity index (χ2n) is 6.12. The minimum absolute atomic E-state index is 0.285. The maximum Gasteiger partial charge on any atom is 0.492 e. The number of rotatable bonds is 3. The van der Waals surface area contributed by atoms with Gasteiger partial charge in [0.05, 0.1) is 0 Å². The third-order valence-electron chi connectivity index (χ3n) is 4.44. The van der Waals surface area contributed by atoms with Crippen LogP contribution in [-0.4, -0.2) is 41.4 Å². The minimum atomic E-state index is -5.26. The van der Waals surface area contributed by atoms with Crippen molar-refractivity contribution in [2.75, 3.05) is 7.05 Å². The second kappa shape index (κ2) is 7.19. The van der Waals surface area contributed by atoms with E-state index in [1.165, 1.54) is 7.05 Å². The molecule has 1 amide bonds. The first-order chi connectivity index (χ1) is 13.1. The molecular weight excluding hydrogens is 443 g/mol. The standard InChI is InChI=1S/C18H15BrF3N3O3/c1-24-14(26)17(11-6-3-2-4-7-11,12-8-5-9-13(19)10-12)25(16(24)23)28-15(27)18(20,21)22/h2-10,16H,23H2,1H3. The molecule has 2 unspecified atom stereocenters. The van der Waals surface area contributed by atoms with E-state index >= 15 is 0 Å². The number of hydrogen-bond acceptors (Lipinski definition) is 5. The molecule has 2 aromatic rings. The van der Waals surface area contributed by atoms with Crippen LogP contribution in [0, 0.1) is 0 Å². The molecule has 2 aromatic carbocycles. The molecule has 0 spiro atoms. The molecule has 0 radical (unpaired) electrons. The Balaban J connectivity index is 2.28. The predicted octanol–water partition coefficient (Wildman–Crippen LogP) is 2.73. The fraction of sp³-hybridized carbons (Fsp3) is 0.222. The molecule has 1 aliphatic rings. The molecule has 1 fully saturated rings. The molecule has 2 atom stereocenters. The van der Waals surface area contributed by atoms with E-state index < -0.39 is 29.9 Å². The highest BCUT2D eigenvalue weighted by Gasteiger charge is 2.61. The van der Waals surface area contributed by atoms with E-state index in [2.05, 4.69) is 20.8 Å². The average molecular weight is 458 g/mol. The van der Waals surface area contributed by atoms with Gasteiger partial charge in [0.25, 0.3) is 5.91 Å². The lowest BCUT2D eigenvalue weighted by atomic mass is 9.82. The lowest BCUT2D eigenvalue weighted by Gasteiger charge is -2.35. The Morgan fingerprint density at radius 3 is 2.32 bits per heavy atom. The van der Waals surface area contributed by atoms with E-state index in [0.717, 1.165) is 4.90 Å². The number of alkyl halides is 3. The summed E-state index contributed by atoms with van der Waals surface area (Å²) >= 11 is 3.30. The summed E-state index contributed by atoms with van der Waals surface area (Å²) in [5, 5.41) is 0.599. The van der Waals surface area contributed by atoms with Crippen molar-refractivity contribution in [1.29, 1.82) is 0 Å². The highest BCUT2D eigenvalue weighted by atomic mass is 79.9. The number of carbonyl (C=O) groups is 2. The fourth-order valence-electron chi connectivity index (χ4n) is 3.15. The van der Waals surface area contributed by atoms with Crippen molar-refractivity contribution in [3.05, 3.63) is 70.2 Å². The first kappa shape index (κ1) is 20.3. The number of likely N-dealkylation sites (N-methyl/N-ethyl adjacent to an activating group) is 1. The third-order valence-corrected chi connectivity index (χ3v) is 4.94. The van der Waals surface area contributed by atoms with Crippen molar-refractivity contribution >= 4 is 27.8 Å². The summed E-state index contributed by atoms with van der Waals surface area (Å²) < 4.78 is 39.3. The van der Waals surface area contributed by atoms with Gasteiger partial charge in [-0.05, 0) is 23.3 Å². The van der Waals surface area contributed by atoms with Crippen LogP contribution >= 0.6 is 15.9 Å². The fourth-order valence-corrected chi connectivity index (χ4v) is 3.55. The molecule has 1 aliphatic heterocycles. The smallest absolute Gasteiger partial charge is 0.356 e. The molecule has 1 heterocycles. The van der Waals surface area contributed by atoms with Crippen molar-refractivity contribution in [3.8, 4) is 0 Å². The zero-order valence-electron chi connectivity index (χ0n) is 14.5. The van der Waals surface area contributed by atoms with Crippen molar-refractivity contribution in [2.45, 2.75) is 18.0 Å². The number of hydroxylamine groups is 2. The van der Waals surface area contributed by atoms with Crippen molar-refractivity contribution in [2.24, 2.45) is 5.73 Å². The van der Waals surface area contributed by atoms with Crippen LogP contribution in [0.1, 0.15) is 11.1 Å². The molecule has 1 saturated heterocycles. The monoisotopic (exact) mass is 457 g/mol. The van der Waals surface area contributed by atoms with Crippen molar-refractivity contribution < 1.29 is 27.6 Å². The number of carbonyl (C=O) groups excluding carboxylic acids is 2. The summed E-state index contributed by atoms with van der Waals surface area (Å²) in [5.74, 6) is -3.11. The number of halogens is 4. The first-order valence-corrected chi connectivity index (χ1v) is 8.82. The average Bonchev–Trinajstić information content (AvgIpc) is 2.84. The summed E-state index contributed by atoms with van der Waals surface area (Å²) in [5.41, 5.74) is 4.66. The Kier molecular flexibility index (Phi) is 5.22. The Hall–Kier alpha value is -2.43.